The molecule has 0 unspecified atom stereocenters. The first-order valence-electron chi connectivity index (χ1n) is 8.74. The number of anilines is 1. The van der Waals surface area contributed by atoms with Gasteiger partial charge in [-0.25, -0.2) is 14.4 Å². The lowest BCUT2D eigenvalue weighted by molar-refractivity contribution is 0.0926. The van der Waals surface area contributed by atoms with Gasteiger partial charge in [-0.05, 0) is 44.0 Å². The van der Waals surface area contributed by atoms with Crippen LogP contribution in [0.2, 0.25) is 0 Å². The summed E-state index contributed by atoms with van der Waals surface area (Å²) in [7, 11) is 0. The number of aromatic amines is 1. The van der Waals surface area contributed by atoms with E-state index in [0.717, 1.165) is 36.5 Å². The zero-order chi connectivity index (χ0) is 18.8. The summed E-state index contributed by atoms with van der Waals surface area (Å²) in [5.74, 6) is 0.175. The number of halogens is 1. The summed E-state index contributed by atoms with van der Waals surface area (Å²) in [5, 5.41) is 10.3. The Morgan fingerprint density at radius 3 is 2.70 bits per heavy atom. The first-order chi connectivity index (χ1) is 13.1. The number of benzene rings is 1. The summed E-state index contributed by atoms with van der Waals surface area (Å²) in [4.78, 5) is 24.2. The first kappa shape index (κ1) is 17.6. The first-order valence-corrected chi connectivity index (χ1v) is 9.56. The van der Waals surface area contributed by atoms with Gasteiger partial charge in [-0.1, -0.05) is 0 Å². The molecule has 3 aromatic rings. The Balaban J connectivity index is 1.36. The van der Waals surface area contributed by atoms with Gasteiger partial charge in [0.1, 0.15) is 17.8 Å². The highest BCUT2D eigenvalue weighted by Crippen LogP contribution is 2.25. The molecule has 1 fully saturated rings. The van der Waals surface area contributed by atoms with Gasteiger partial charge in [-0.2, -0.15) is 5.10 Å². The lowest BCUT2D eigenvalue weighted by Gasteiger charge is -2.33. The molecule has 1 aromatic carbocycles. The molecular weight excluding hydrogens is 367 g/mol. The van der Waals surface area contributed by atoms with E-state index in [4.69, 9.17) is 0 Å². The van der Waals surface area contributed by atoms with Gasteiger partial charge in [0, 0.05) is 29.7 Å². The van der Waals surface area contributed by atoms with Crippen LogP contribution < -0.4 is 10.2 Å². The highest BCUT2D eigenvalue weighted by Gasteiger charge is 2.24. The monoisotopic (exact) mass is 386 g/mol. The van der Waals surface area contributed by atoms with Crippen LogP contribution in [-0.2, 0) is 0 Å². The van der Waals surface area contributed by atoms with Crippen LogP contribution in [0.4, 0.5) is 10.1 Å². The van der Waals surface area contributed by atoms with Crippen molar-refractivity contribution >= 4 is 22.9 Å². The molecule has 1 aliphatic heterocycles. The topological polar surface area (TPSA) is 86.8 Å². The van der Waals surface area contributed by atoms with Gasteiger partial charge in [-0.3, -0.25) is 9.89 Å². The molecule has 0 spiro atoms. The number of hydrogen-bond donors (Lipinski definition) is 2. The fourth-order valence-corrected chi connectivity index (χ4v) is 4.06. The molecule has 2 N–H and O–H groups in total. The van der Waals surface area contributed by atoms with E-state index in [-0.39, 0.29) is 17.8 Å². The number of piperidine rings is 1. The summed E-state index contributed by atoms with van der Waals surface area (Å²) in [5.41, 5.74) is 1.44. The molecule has 2 aromatic heterocycles. The molecule has 1 aliphatic rings. The quantitative estimate of drug-likeness (QED) is 0.720. The zero-order valence-corrected chi connectivity index (χ0v) is 15.6. The Labute approximate surface area is 159 Å². The Kier molecular flexibility index (Phi) is 4.85. The standard InChI is InChI=1S/C18H19FN6OS/c1-11-15(23-18(27-11)16-20-10-21-24-16)17(26)22-13-6-8-25(9-7-13)14-4-2-12(19)3-5-14/h2-5,10,13H,6-9H2,1H3,(H,22,26)(H,20,21,24). The van der Waals surface area contributed by atoms with Crippen molar-refractivity contribution in [2.75, 3.05) is 18.0 Å². The number of rotatable bonds is 4. The van der Waals surface area contributed by atoms with Crippen molar-refractivity contribution in [2.45, 2.75) is 25.8 Å². The molecule has 140 valence electrons. The predicted molar refractivity (Wildman–Crippen MR) is 101 cm³/mol. The maximum atomic E-state index is 13.1. The fourth-order valence-electron chi connectivity index (χ4n) is 3.20. The van der Waals surface area contributed by atoms with Gasteiger partial charge < -0.3 is 10.2 Å². The summed E-state index contributed by atoms with van der Waals surface area (Å²) in [6.07, 6.45) is 3.09. The number of carbonyl (C=O) groups is 1. The Morgan fingerprint density at radius 2 is 2.04 bits per heavy atom. The van der Waals surface area contributed by atoms with Crippen molar-refractivity contribution in [2.24, 2.45) is 0 Å². The van der Waals surface area contributed by atoms with Gasteiger partial charge in [0.25, 0.3) is 5.91 Å². The third kappa shape index (κ3) is 3.82. The molecule has 7 nitrogen and oxygen atoms in total. The molecule has 9 heteroatoms. The molecule has 3 heterocycles. The van der Waals surface area contributed by atoms with Gasteiger partial charge in [0.15, 0.2) is 10.8 Å². The number of thiazole rings is 1. The lowest BCUT2D eigenvalue weighted by Crippen LogP contribution is -2.44. The van der Waals surface area contributed by atoms with Crippen LogP contribution in [0.5, 0.6) is 0 Å². The van der Waals surface area contributed by atoms with Crippen LogP contribution in [0.25, 0.3) is 10.8 Å². The predicted octanol–water partition coefficient (Wildman–Crippen LogP) is 2.77. The normalized spacial score (nSPS) is 15.1. The molecule has 0 bridgehead atoms. The molecule has 0 atom stereocenters. The van der Waals surface area contributed by atoms with Gasteiger partial charge in [0.2, 0.25) is 0 Å². The second kappa shape index (κ2) is 7.43. The van der Waals surface area contributed by atoms with E-state index in [1.807, 2.05) is 6.92 Å². The van der Waals surface area contributed by atoms with E-state index in [1.165, 1.54) is 29.8 Å². The fraction of sp³-hybridized carbons (Fsp3) is 0.333. The van der Waals surface area contributed by atoms with Crippen molar-refractivity contribution < 1.29 is 9.18 Å². The van der Waals surface area contributed by atoms with E-state index >= 15 is 0 Å². The van der Waals surface area contributed by atoms with E-state index in [0.29, 0.717) is 16.5 Å². The number of carbonyl (C=O) groups excluding carboxylic acids is 1. The van der Waals surface area contributed by atoms with Crippen molar-refractivity contribution in [1.82, 2.24) is 25.5 Å². The smallest absolute Gasteiger partial charge is 0.271 e. The molecule has 4 rings (SSSR count). The van der Waals surface area contributed by atoms with Crippen molar-refractivity contribution in [1.29, 1.82) is 0 Å². The van der Waals surface area contributed by atoms with Crippen LogP contribution in [0.3, 0.4) is 0 Å². The Morgan fingerprint density at radius 1 is 1.30 bits per heavy atom. The number of H-pyrrole nitrogens is 1. The third-order valence-corrected chi connectivity index (χ3v) is 5.63. The van der Waals surface area contributed by atoms with E-state index in [9.17, 15) is 9.18 Å². The average molecular weight is 386 g/mol. The number of hydrogen-bond acceptors (Lipinski definition) is 6. The summed E-state index contributed by atoms with van der Waals surface area (Å²) in [6.45, 7) is 3.51. The molecular formula is C18H19FN6OS. The minimum absolute atomic E-state index is 0.101. The largest absolute Gasteiger partial charge is 0.371 e. The number of nitrogens with one attached hydrogen (secondary N) is 2. The maximum Gasteiger partial charge on any atom is 0.271 e. The van der Waals surface area contributed by atoms with Crippen LogP contribution in [0.1, 0.15) is 28.2 Å². The molecule has 27 heavy (non-hydrogen) atoms. The Bertz CT molecular complexity index is 916. The van der Waals surface area contributed by atoms with Gasteiger partial charge in [0.05, 0.1) is 0 Å². The number of aromatic nitrogens is 4. The highest BCUT2D eigenvalue weighted by molar-refractivity contribution is 7.15. The second-order valence-corrected chi connectivity index (χ2v) is 7.67. The Hall–Kier alpha value is -2.81. The molecule has 1 amide bonds. The third-order valence-electron chi connectivity index (χ3n) is 4.65. The lowest BCUT2D eigenvalue weighted by atomic mass is 10.0. The molecule has 0 radical (unpaired) electrons. The van der Waals surface area contributed by atoms with E-state index < -0.39 is 0 Å². The van der Waals surface area contributed by atoms with Crippen molar-refractivity contribution in [3.05, 3.63) is 47.0 Å². The van der Waals surface area contributed by atoms with Gasteiger partial charge >= 0.3 is 0 Å². The van der Waals surface area contributed by atoms with E-state index in [2.05, 4.69) is 30.4 Å². The summed E-state index contributed by atoms with van der Waals surface area (Å²) >= 11 is 1.42. The number of aryl methyl sites for hydroxylation is 1. The average Bonchev–Trinajstić information content (AvgIpc) is 3.33. The number of nitrogens with zero attached hydrogens (tertiary/aromatic N) is 4. The maximum absolute atomic E-state index is 13.1. The van der Waals surface area contributed by atoms with Crippen molar-refractivity contribution in [3.8, 4) is 10.8 Å². The van der Waals surface area contributed by atoms with Crippen LogP contribution in [0.15, 0.2) is 30.6 Å². The van der Waals surface area contributed by atoms with E-state index in [1.54, 1.807) is 12.1 Å². The van der Waals surface area contributed by atoms with Crippen LogP contribution >= 0.6 is 11.3 Å². The van der Waals surface area contributed by atoms with Crippen molar-refractivity contribution in [3.63, 3.8) is 0 Å². The SMILES string of the molecule is Cc1sc(-c2ncn[nH]2)nc1C(=O)NC1CCN(c2ccc(F)cc2)CC1. The summed E-state index contributed by atoms with van der Waals surface area (Å²) < 4.78 is 13.1. The second-order valence-electron chi connectivity index (χ2n) is 6.47. The molecule has 1 saturated heterocycles. The van der Waals surface area contributed by atoms with Crippen LogP contribution in [0, 0.1) is 12.7 Å². The minimum Gasteiger partial charge on any atom is -0.371 e. The minimum atomic E-state index is -0.232. The van der Waals surface area contributed by atoms with Crippen LogP contribution in [-0.4, -0.2) is 45.2 Å². The molecule has 0 saturated carbocycles. The summed E-state index contributed by atoms with van der Waals surface area (Å²) in [6, 6.07) is 6.63. The highest BCUT2D eigenvalue weighted by atomic mass is 32.1. The zero-order valence-electron chi connectivity index (χ0n) is 14.8. The molecule has 0 aliphatic carbocycles. The number of amides is 1. The van der Waals surface area contributed by atoms with Gasteiger partial charge in [-0.15, -0.1) is 11.3 Å².